The summed E-state index contributed by atoms with van der Waals surface area (Å²) in [6.07, 6.45) is 3.20. The summed E-state index contributed by atoms with van der Waals surface area (Å²) < 4.78 is 5.17. The van der Waals surface area contributed by atoms with Gasteiger partial charge in [0.25, 0.3) is 0 Å². The van der Waals surface area contributed by atoms with E-state index in [1.165, 1.54) is 0 Å². The van der Waals surface area contributed by atoms with Crippen molar-refractivity contribution in [1.29, 1.82) is 0 Å². The minimum Gasteiger partial charge on any atom is -0.454 e. The molecule has 2 aromatic rings. The fourth-order valence-corrected chi connectivity index (χ4v) is 1.70. The molecule has 0 aliphatic heterocycles. The summed E-state index contributed by atoms with van der Waals surface area (Å²) >= 11 is 0. The van der Waals surface area contributed by atoms with E-state index in [0.29, 0.717) is 17.1 Å². The zero-order chi connectivity index (χ0) is 13.8. The number of hydrogen-bond acceptors (Lipinski definition) is 5. The molecule has 1 heterocycles. The Kier molecular flexibility index (Phi) is 3.75. The van der Waals surface area contributed by atoms with Gasteiger partial charge in [0.05, 0.1) is 5.56 Å². The van der Waals surface area contributed by atoms with E-state index in [-0.39, 0.29) is 6.61 Å². The third-order valence-corrected chi connectivity index (χ3v) is 2.78. The standard InChI is InChI=1S/C14H15N3O2/c1-9-6-10(2)12(15)7-11(9)14(18)19-8-13-16-4-3-5-17-13/h3-7H,8,15H2,1-2H3. The van der Waals surface area contributed by atoms with Crippen LogP contribution in [0.2, 0.25) is 0 Å². The topological polar surface area (TPSA) is 78.1 Å². The molecule has 5 nitrogen and oxygen atoms in total. The van der Waals surface area contributed by atoms with Crippen molar-refractivity contribution in [3.05, 3.63) is 53.1 Å². The molecule has 0 saturated heterocycles. The summed E-state index contributed by atoms with van der Waals surface area (Å²) in [7, 11) is 0. The van der Waals surface area contributed by atoms with Crippen molar-refractivity contribution in [1.82, 2.24) is 9.97 Å². The molecule has 0 bridgehead atoms. The van der Waals surface area contributed by atoms with Crippen LogP contribution < -0.4 is 5.73 Å². The number of hydrogen-bond donors (Lipinski definition) is 1. The highest BCUT2D eigenvalue weighted by molar-refractivity contribution is 5.92. The van der Waals surface area contributed by atoms with E-state index >= 15 is 0 Å². The molecule has 1 aromatic carbocycles. The first kappa shape index (κ1) is 13.0. The highest BCUT2D eigenvalue weighted by Crippen LogP contribution is 2.18. The molecule has 0 radical (unpaired) electrons. The summed E-state index contributed by atoms with van der Waals surface area (Å²) in [6.45, 7) is 3.80. The van der Waals surface area contributed by atoms with E-state index in [2.05, 4.69) is 9.97 Å². The van der Waals surface area contributed by atoms with Gasteiger partial charge >= 0.3 is 5.97 Å². The van der Waals surface area contributed by atoms with Gasteiger partial charge in [0.1, 0.15) is 0 Å². The lowest BCUT2D eigenvalue weighted by molar-refractivity contribution is 0.0461. The Morgan fingerprint density at radius 2 is 1.89 bits per heavy atom. The first-order chi connectivity index (χ1) is 9.08. The predicted octanol–water partition coefficient (Wildman–Crippen LogP) is 2.03. The summed E-state index contributed by atoms with van der Waals surface area (Å²) in [5.74, 6) is 0.0465. The Morgan fingerprint density at radius 3 is 2.58 bits per heavy atom. The molecular weight excluding hydrogens is 242 g/mol. The van der Waals surface area contributed by atoms with Gasteiger partial charge in [-0.25, -0.2) is 14.8 Å². The number of aryl methyl sites for hydroxylation is 2. The average molecular weight is 257 g/mol. The van der Waals surface area contributed by atoms with Gasteiger partial charge in [-0.15, -0.1) is 0 Å². The quantitative estimate of drug-likeness (QED) is 0.672. The summed E-state index contributed by atoms with van der Waals surface area (Å²) in [4.78, 5) is 19.9. The van der Waals surface area contributed by atoms with Crippen molar-refractivity contribution >= 4 is 11.7 Å². The highest BCUT2D eigenvalue weighted by atomic mass is 16.5. The lowest BCUT2D eigenvalue weighted by Crippen LogP contribution is -2.09. The maximum atomic E-state index is 12.0. The first-order valence-corrected chi connectivity index (χ1v) is 5.87. The molecule has 1 aromatic heterocycles. The number of nitrogens with zero attached hydrogens (tertiary/aromatic N) is 2. The summed E-state index contributed by atoms with van der Waals surface area (Å²) in [5.41, 5.74) is 8.63. The maximum absolute atomic E-state index is 12.0. The first-order valence-electron chi connectivity index (χ1n) is 5.87. The molecule has 0 unspecified atom stereocenters. The second kappa shape index (κ2) is 5.48. The number of rotatable bonds is 3. The van der Waals surface area contributed by atoms with E-state index in [1.54, 1.807) is 24.5 Å². The number of aromatic nitrogens is 2. The molecule has 0 saturated carbocycles. The fourth-order valence-electron chi connectivity index (χ4n) is 1.70. The van der Waals surface area contributed by atoms with Crippen molar-refractivity contribution in [2.45, 2.75) is 20.5 Å². The van der Waals surface area contributed by atoms with Gasteiger partial charge in [-0.2, -0.15) is 0 Å². The predicted molar refractivity (Wildman–Crippen MR) is 71.5 cm³/mol. The van der Waals surface area contributed by atoms with Crippen LogP contribution in [0.4, 0.5) is 5.69 Å². The third kappa shape index (κ3) is 3.07. The number of anilines is 1. The Hall–Kier alpha value is -2.43. The van der Waals surface area contributed by atoms with Crippen molar-refractivity contribution in [3.63, 3.8) is 0 Å². The van der Waals surface area contributed by atoms with Crippen LogP contribution in [0, 0.1) is 13.8 Å². The summed E-state index contributed by atoms with van der Waals surface area (Å²) in [6, 6.07) is 5.21. The Bertz CT molecular complexity index is 597. The number of nitrogen functional groups attached to an aromatic ring is 1. The molecule has 2 N–H and O–H groups in total. The molecule has 0 aliphatic rings. The van der Waals surface area contributed by atoms with Crippen LogP contribution in [0.25, 0.3) is 0 Å². The van der Waals surface area contributed by atoms with E-state index in [4.69, 9.17) is 10.5 Å². The van der Waals surface area contributed by atoms with Crippen LogP contribution in [0.1, 0.15) is 27.3 Å². The minimum atomic E-state index is -0.420. The average Bonchev–Trinajstić information content (AvgIpc) is 2.41. The maximum Gasteiger partial charge on any atom is 0.338 e. The second-order valence-corrected chi connectivity index (χ2v) is 4.26. The second-order valence-electron chi connectivity index (χ2n) is 4.26. The number of ether oxygens (including phenoxy) is 1. The lowest BCUT2D eigenvalue weighted by atomic mass is 10.0. The molecule has 0 amide bonds. The van der Waals surface area contributed by atoms with Crippen LogP contribution in [0.5, 0.6) is 0 Å². The minimum absolute atomic E-state index is 0.0485. The van der Waals surface area contributed by atoms with Gasteiger partial charge < -0.3 is 10.5 Å². The van der Waals surface area contributed by atoms with E-state index in [1.807, 2.05) is 19.9 Å². The normalized spacial score (nSPS) is 10.2. The lowest BCUT2D eigenvalue weighted by Gasteiger charge is -2.09. The fraction of sp³-hybridized carbons (Fsp3) is 0.214. The molecule has 0 fully saturated rings. The zero-order valence-corrected chi connectivity index (χ0v) is 10.9. The smallest absolute Gasteiger partial charge is 0.338 e. The monoisotopic (exact) mass is 257 g/mol. The largest absolute Gasteiger partial charge is 0.454 e. The van der Waals surface area contributed by atoms with Gasteiger partial charge in [0, 0.05) is 18.1 Å². The van der Waals surface area contributed by atoms with Gasteiger partial charge in [0.2, 0.25) is 0 Å². The SMILES string of the molecule is Cc1cc(C)c(C(=O)OCc2ncccn2)cc1N. The van der Waals surface area contributed by atoms with Gasteiger partial charge in [-0.3, -0.25) is 0 Å². The zero-order valence-electron chi connectivity index (χ0n) is 10.9. The van der Waals surface area contributed by atoms with Crippen LogP contribution >= 0.6 is 0 Å². The Morgan fingerprint density at radius 1 is 1.21 bits per heavy atom. The Labute approximate surface area is 111 Å². The van der Waals surface area contributed by atoms with Crippen LogP contribution in [0.15, 0.2) is 30.6 Å². The van der Waals surface area contributed by atoms with E-state index in [0.717, 1.165) is 11.1 Å². The number of carbonyl (C=O) groups excluding carboxylic acids is 1. The van der Waals surface area contributed by atoms with Crippen molar-refractivity contribution in [2.75, 3.05) is 5.73 Å². The van der Waals surface area contributed by atoms with Crippen molar-refractivity contribution in [3.8, 4) is 0 Å². The number of esters is 1. The van der Waals surface area contributed by atoms with Crippen molar-refractivity contribution < 1.29 is 9.53 Å². The molecular formula is C14H15N3O2. The van der Waals surface area contributed by atoms with Crippen molar-refractivity contribution in [2.24, 2.45) is 0 Å². The van der Waals surface area contributed by atoms with Crippen LogP contribution in [0.3, 0.4) is 0 Å². The summed E-state index contributed by atoms with van der Waals surface area (Å²) in [5, 5.41) is 0. The molecule has 98 valence electrons. The molecule has 0 atom stereocenters. The molecule has 0 spiro atoms. The van der Waals surface area contributed by atoms with Crippen LogP contribution in [-0.4, -0.2) is 15.9 Å². The van der Waals surface area contributed by atoms with Gasteiger partial charge in [-0.1, -0.05) is 6.07 Å². The molecule has 0 aliphatic carbocycles. The van der Waals surface area contributed by atoms with Gasteiger partial charge in [0.15, 0.2) is 12.4 Å². The molecule has 19 heavy (non-hydrogen) atoms. The highest BCUT2D eigenvalue weighted by Gasteiger charge is 2.13. The van der Waals surface area contributed by atoms with E-state index < -0.39 is 5.97 Å². The Balaban J connectivity index is 2.10. The third-order valence-electron chi connectivity index (χ3n) is 2.78. The number of carbonyl (C=O) groups is 1. The van der Waals surface area contributed by atoms with E-state index in [9.17, 15) is 4.79 Å². The van der Waals surface area contributed by atoms with Gasteiger partial charge in [-0.05, 0) is 37.1 Å². The molecule has 5 heteroatoms. The van der Waals surface area contributed by atoms with Crippen LogP contribution in [-0.2, 0) is 11.3 Å². The number of nitrogens with two attached hydrogens (primary N) is 1. The number of benzene rings is 1. The molecule has 2 rings (SSSR count).